The maximum Gasteiger partial charge on any atom is 0.253 e. The second-order valence-electron chi connectivity index (χ2n) is 5.80. The molecule has 1 saturated heterocycles. The van der Waals surface area contributed by atoms with Crippen LogP contribution in [0, 0.1) is 5.92 Å². The zero-order valence-corrected chi connectivity index (χ0v) is 9.35. The van der Waals surface area contributed by atoms with E-state index >= 15 is 0 Å². The molecule has 0 bridgehead atoms. The Hall–Kier alpha value is -0.180. The molecule has 0 unspecified atom stereocenters. The highest BCUT2D eigenvalue weighted by Crippen LogP contribution is 2.55. The van der Waals surface area contributed by atoms with Crippen molar-refractivity contribution in [3.05, 3.63) is 0 Å². The second-order valence-corrected chi connectivity index (χ2v) is 5.80. The van der Waals surface area contributed by atoms with E-state index in [0.29, 0.717) is 12.5 Å². The molecule has 2 rings (SSSR count). The van der Waals surface area contributed by atoms with Gasteiger partial charge < -0.3 is 0 Å². The lowest BCUT2D eigenvalue weighted by atomic mass is 9.75. The first-order chi connectivity index (χ1) is 6.23. The van der Waals surface area contributed by atoms with Gasteiger partial charge in [-0.15, -0.1) is 0 Å². The summed E-state index contributed by atoms with van der Waals surface area (Å²) < 4.78 is 26.4. The molecule has 82 valence electrons. The molecule has 0 N–H and O–H groups in total. The number of hydrogen-bond acceptors (Lipinski definition) is 1. The summed E-state index contributed by atoms with van der Waals surface area (Å²) in [5.41, 5.74) is 0.0231. The molecule has 14 heavy (non-hydrogen) atoms. The van der Waals surface area contributed by atoms with Gasteiger partial charge in [0.1, 0.15) is 0 Å². The number of fused-ring (bicyclic) bond motifs is 1. The van der Waals surface area contributed by atoms with Gasteiger partial charge in [0.2, 0.25) is 0 Å². The monoisotopic (exact) mass is 203 g/mol. The minimum absolute atomic E-state index is 0.0231. The van der Waals surface area contributed by atoms with Crippen LogP contribution in [0.4, 0.5) is 8.78 Å². The van der Waals surface area contributed by atoms with E-state index < -0.39 is 5.92 Å². The van der Waals surface area contributed by atoms with Crippen LogP contribution in [0.1, 0.15) is 40.5 Å². The SMILES string of the molecule is C[C@@H]1C[C@@H]2[C@@H](CC2(F)F)N1C(C)(C)C. The van der Waals surface area contributed by atoms with E-state index in [1.807, 2.05) is 0 Å². The van der Waals surface area contributed by atoms with E-state index in [9.17, 15) is 8.78 Å². The van der Waals surface area contributed by atoms with Gasteiger partial charge in [0.15, 0.2) is 0 Å². The molecule has 0 aromatic heterocycles. The topological polar surface area (TPSA) is 3.24 Å². The second kappa shape index (κ2) is 2.69. The third kappa shape index (κ3) is 1.28. The van der Waals surface area contributed by atoms with Gasteiger partial charge in [-0.05, 0) is 34.1 Å². The quantitative estimate of drug-likeness (QED) is 0.585. The fourth-order valence-electron chi connectivity index (χ4n) is 3.28. The van der Waals surface area contributed by atoms with Gasteiger partial charge in [-0.25, -0.2) is 8.78 Å². The molecule has 2 fully saturated rings. The van der Waals surface area contributed by atoms with Gasteiger partial charge in [0.25, 0.3) is 5.92 Å². The summed E-state index contributed by atoms with van der Waals surface area (Å²) in [5.74, 6) is -2.77. The average Bonchev–Trinajstić information content (AvgIpc) is 2.23. The van der Waals surface area contributed by atoms with E-state index in [1.165, 1.54) is 0 Å². The molecule has 1 nitrogen and oxygen atoms in total. The van der Waals surface area contributed by atoms with Crippen molar-refractivity contribution < 1.29 is 8.78 Å². The third-order valence-corrected chi connectivity index (χ3v) is 3.69. The number of nitrogens with zero attached hydrogens (tertiary/aromatic N) is 1. The van der Waals surface area contributed by atoms with Crippen molar-refractivity contribution in [2.24, 2.45) is 5.92 Å². The maximum absolute atomic E-state index is 13.2. The number of halogens is 2. The lowest BCUT2D eigenvalue weighted by Gasteiger charge is -2.48. The number of likely N-dealkylation sites (tertiary alicyclic amines) is 1. The Morgan fingerprint density at radius 1 is 1.29 bits per heavy atom. The number of alkyl halides is 2. The Kier molecular flexibility index (Phi) is 1.98. The molecule has 0 amide bonds. The molecule has 0 aromatic rings. The highest BCUT2D eigenvalue weighted by molar-refractivity contribution is 5.10. The standard InChI is InChI=1S/C11H19F2N/c1-7-5-8-9(6-11(8,12)13)14(7)10(2,3)4/h7-9H,5-6H2,1-4H3/t7-,8-,9-/m1/s1. The molecule has 1 aliphatic heterocycles. The van der Waals surface area contributed by atoms with Gasteiger partial charge in [-0.3, -0.25) is 4.90 Å². The Morgan fingerprint density at radius 3 is 2.21 bits per heavy atom. The van der Waals surface area contributed by atoms with Crippen LogP contribution in [0.15, 0.2) is 0 Å². The van der Waals surface area contributed by atoms with E-state index in [-0.39, 0.29) is 23.9 Å². The zero-order valence-electron chi connectivity index (χ0n) is 9.35. The van der Waals surface area contributed by atoms with Crippen LogP contribution in [0.25, 0.3) is 0 Å². The van der Waals surface area contributed by atoms with Gasteiger partial charge in [0.05, 0.1) is 0 Å². The first kappa shape index (κ1) is 10.3. The molecule has 1 aliphatic carbocycles. The molecule has 2 aliphatic rings. The Balaban J connectivity index is 2.17. The summed E-state index contributed by atoms with van der Waals surface area (Å²) in [4.78, 5) is 2.27. The third-order valence-electron chi connectivity index (χ3n) is 3.69. The average molecular weight is 203 g/mol. The van der Waals surface area contributed by atoms with E-state index in [2.05, 4.69) is 32.6 Å². The van der Waals surface area contributed by atoms with Crippen molar-refractivity contribution in [3.8, 4) is 0 Å². The van der Waals surface area contributed by atoms with Crippen LogP contribution < -0.4 is 0 Å². The Labute approximate surface area is 84.5 Å². The largest absolute Gasteiger partial charge is 0.292 e. The molecule has 1 saturated carbocycles. The van der Waals surface area contributed by atoms with Gasteiger partial charge in [-0.1, -0.05) is 0 Å². The normalized spacial score (nSPS) is 42.0. The molecular formula is C11H19F2N. The highest BCUT2D eigenvalue weighted by atomic mass is 19.3. The van der Waals surface area contributed by atoms with Crippen molar-refractivity contribution in [1.82, 2.24) is 4.90 Å². The van der Waals surface area contributed by atoms with Crippen LogP contribution >= 0.6 is 0 Å². The molecular weight excluding hydrogens is 184 g/mol. The van der Waals surface area contributed by atoms with Crippen LogP contribution in [0.2, 0.25) is 0 Å². The molecule has 3 atom stereocenters. The maximum atomic E-state index is 13.2. The number of hydrogen-bond donors (Lipinski definition) is 0. The molecule has 0 radical (unpaired) electrons. The van der Waals surface area contributed by atoms with E-state index in [1.54, 1.807) is 0 Å². The Morgan fingerprint density at radius 2 is 1.86 bits per heavy atom. The lowest BCUT2D eigenvalue weighted by Crippen LogP contribution is -2.58. The summed E-state index contributed by atoms with van der Waals surface area (Å²) in [7, 11) is 0. The van der Waals surface area contributed by atoms with E-state index in [0.717, 1.165) is 0 Å². The van der Waals surface area contributed by atoms with Crippen molar-refractivity contribution >= 4 is 0 Å². The summed E-state index contributed by atoms with van der Waals surface area (Å²) in [6, 6.07) is 0.429. The zero-order chi connectivity index (χ0) is 10.7. The van der Waals surface area contributed by atoms with Crippen LogP contribution in [0.5, 0.6) is 0 Å². The predicted octanol–water partition coefficient (Wildman–Crippen LogP) is 2.90. The fourth-order valence-corrected chi connectivity index (χ4v) is 3.28. The fraction of sp³-hybridized carbons (Fsp3) is 1.00. The summed E-state index contributed by atoms with van der Waals surface area (Å²) in [6.45, 7) is 8.41. The van der Waals surface area contributed by atoms with Crippen molar-refractivity contribution in [2.45, 2.75) is 64.1 Å². The van der Waals surface area contributed by atoms with Crippen LogP contribution in [-0.4, -0.2) is 28.4 Å². The minimum Gasteiger partial charge on any atom is -0.292 e. The smallest absolute Gasteiger partial charge is 0.253 e. The van der Waals surface area contributed by atoms with Crippen molar-refractivity contribution in [2.75, 3.05) is 0 Å². The lowest BCUT2D eigenvalue weighted by molar-refractivity contribution is -0.166. The van der Waals surface area contributed by atoms with Crippen LogP contribution in [0.3, 0.4) is 0 Å². The van der Waals surface area contributed by atoms with E-state index in [4.69, 9.17) is 0 Å². The molecule has 1 heterocycles. The highest BCUT2D eigenvalue weighted by Gasteiger charge is 2.63. The molecule has 0 aromatic carbocycles. The van der Waals surface area contributed by atoms with Gasteiger partial charge in [0, 0.05) is 30.0 Å². The summed E-state index contributed by atoms with van der Waals surface area (Å²) in [5, 5.41) is 0. The summed E-state index contributed by atoms with van der Waals surface area (Å²) >= 11 is 0. The first-order valence-corrected chi connectivity index (χ1v) is 5.40. The summed E-state index contributed by atoms with van der Waals surface area (Å²) in [6.07, 6.45) is 0.730. The van der Waals surface area contributed by atoms with Gasteiger partial charge >= 0.3 is 0 Å². The molecule has 0 spiro atoms. The predicted molar refractivity (Wildman–Crippen MR) is 52.5 cm³/mol. The van der Waals surface area contributed by atoms with Gasteiger partial charge in [-0.2, -0.15) is 0 Å². The van der Waals surface area contributed by atoms with Crippen molar-refractivity contribution in [3.63, 3.8) is 0 Å². The minimum atomic E-state index is -2.39. The Bertz CT molecular complexity index is 244. The van der Waals surface area contributed by atoms with Crippen LogP contribution in [-0.2, 0) is 0 Å². The number of rotatable bonds is 0. The first-order valence-electron chi connectivity index (χ1n) is 5.40. The molecule has 3 heteroatoms. The van der Waals surface area contributed by atoms with Crippen molar-refractivity contribution in [1.29, 1.82) is 0 Å².